The van der Waals surface area contributed by atoms with Crippen LogP contribution in [0.5, 0.6) is 0 Å². The van der Waals surface area contributed by atoms with Gasteiger partial charge in [0, 0.05) is 13.1 Å². The van der Waals surface area contributed by atoms with Gasteiger partial charge in [-0.2, -0.15) is 0 Å². The molecule has 2 heterocycles. The number of sulfone groups is 1. The predicted octanol–water partition coefficient (Wildman–Crippen LogP) is 4.68. The van der Waals surface area contributed by atoms with Crippen LogP contribution < -0.4 is 0 Å². The van der Waals surface area contributed by atoms with Crippen LogP contribution in [0.3, 0.4) is 0 Å². The minimum absolute atomic E-state index is 0.0670. The Bertz CT molecular complexity index is 1070. The van der Waals surface area contributed by atoms with E-state index in [1.165, 1.54) is 5.56 Å². The molecule has 29 heavy (non-hydrogen) atoms. The molecule has 0 unspecified atom stereocenters. The van der Waals surface area contributed by atoms with Gasteiger partial charge in [0.2, 0.25) is 9.84 Å². The maximum atomic E-state index is 12.9. The highest BCUT2D eigenvalue weighted by molar-refractivity contribution is 7.93. The van der Waals surface area contributed by atoms with E-state index in [1.807, 2.05) is 11.0 Å². The van der Waals surface area contributed by atoms with Crippen molar-refractivity contribution in [3.05, 3.63) is 83.2 Å². The van der Waals surface area contributed by atoms with Crippen LogP contribution in [0.4, 0.5) is 0 Å². The van der Waals surface area contributed by atoms with E-state index < -0.39 is 9.84 Å². The number of nitrogens with zero attached hydrogens (tertiary/aromatic N) is 1. The molecule has 4 nitrogen and oxygen atoms in total. The first kappa shape index (κ1) is 19.9. The molecular weight excluding hydrogens is 402 g/mol. The SMILES string of the molecule is O=C(c1ccc(S(=O)(=O)c2ccccc2)s1)N1CCC(Cc2ccccc2)CC1. The third-order valence-corrected chi connectivity index (χ3v) is 8.71. The van der Waals surface area contributed by atoms with Gasteiger partial charge in [0.1, 0.15) is 4.21 Å². The zero-order valence-corrected chi connectivity index (χ0v) is 17.7. The molecule has 3 aromatic rings. The first-order chi connectivity index (χ1) is 14.0. The third kappa shape index (κ3) is 4.43. The zero-order chi connectivity index (χ0) is 20.3. The minimum atomic E-state index is -3.58. The van der Waals surface area contributed by atoms with Crippen LogP contribution in [0.1, 0.15) is 28.1 Å². The maximum absolute atomic E-state index is 12.9. The fraction of sp³-hybridized carbons (Fsp3) is 0.261. The lowest BCUT2D eigenvalue weighted by molar-refractivity contribution is 0.0695. The molecule has 0 bridgehead atoms. The van der Waals surface area contributed by atoms with Gasteiger partial charge in [-0.25, -0.2) is 8.42 Å². The number of amides is 1. The van der Waals surface area contributed by atoms with Gasteiger partial charge in [-0.3, -0.25) is 4.79 Å². The standard InChI is InChI=1S/C23H23NO3S2/c25-23(24-15-13-19(14-16-24)17-18-7-3-1-4-8-18)21-11-12-22(28-21)29(26,27)20-9-5-2-6-10-20/h1-12,19H,13-17H2. The van der Waals surface area contributed by atoms with Crippen molar-refractivity contribution in [3.8, 4) is 0 Å². The average molecular weight is 426 g/mol. The zero-order valence-electron chi connectivity index (χ0n) is 16.0. The Labute approximate surface area is 175 Å². The van der Waals surface area contributed by atoms with E-state index in [1.54, 1.807) is 42.5 Å². The summed E-state index contributed by atoms with van der Waals surface area (Å²) in [5.41, 5.74) is 1.34. The lowest BCUT2D eigenvalue weighted by Gasteiger charge is -2.31. The Morgan fingerprint density at radius 3 is 2.17 bits per heavy atom. The quantitative estimate of drug-likeness (QED) is 0.597. The van der Waals surface area contributed by atoms with Crippen molar-refractivity contribution in [2.24, 2.45) is 5.92 Å². The number of hydrogen-bond donors (Lipinski definition) is 0. The van der Waals surface area contributed by atoms with E-state index in [0.29, 0.717) is 10.8 Å². The third-order valence-electron chi connectivity index (χ3n) is 5.38. The van der Waals surface area contributed by atoms with Gasteiger partial charge in [0.05, 0.1) is 9.77 Å². The van der Waals surface area contributed by atoms with Gasteiger partial charge >= 0.3 is 0 Å². The van der Waals surface area contributed by atoms with Gasteiger partial charge in [-0.1, -0.05) is 48.5 Å². The number of piperidine rings is 1. The second-order valence-corrected chi connectivity index (χ2v) is 10.6. The number of thiophene rings is 1. The second kappa shape index (κ2) is 8.51. The van der Waals surface area contributed by atoms with Crippen LogP contribution in [-0.2, 0) is 16.3 Å². The summed E-state index contributed by atoms with van der Waals surface area (Å²) in [4.78, 5) is 15.5. The van der Waals surface area contributed by atoms with Crippen molar-refractivity contribution in [2.75, 3.05) is 13.1 Å². The van der Waals surface area contributed by atoms with Gasteiger partial charge in [0.25, 0.3) is 5.91 Å². The van der Waals surface area contributed by atoms with Crippen LogP contribution in [0.25, 0.3) is 0 Å². The summed E-state index contributed by atoms with van der Waals surface area (Å²) in [6.07, 6.45) is 2.99. The maximum Gasteiger partial charge on any atom is 0.263 e. The molecule has 0 atom stereocenters. The number of rotatable bonds is 5. The van der Waals surface area contributed by atoms with Crippen LogP contribution in [0.15, 0.2) is 81.9 Å². The summed E-state index contributed by atoms with van der Waals surface area (Å²) in [7, 11) is -3.58. The van der Waals surface area contributed by atoms with Gasteiger partial charge in [-0.15, -0.1) is 11.3 Å². The Kier molecular flexibility index (Phi) is 5.83. The van der Waals surface area contributed by atoms with Gasteiger partial charge in [-0.05, 0) is 55.0 Å². The Balaban J connectivity index is 1.40. The normalized spacial score (nSPS) is 15.4. The molecule has 1 amide bonds. The fourth-order valence-electron chi connectivity index (χ4n) is 3.74. The molecule has 0 spiro atoms. The smallest absolute Gasteiger partial charge is 0.263 e. The van der Waals surface area contributed by atoms with E-state index in [-0.39, 0.29) is 15.0 Å². The van der Waals surface area contributed by atoms with E-state index in [0.717, 1.165) is 43.7 Å². The lowest BCUT2D eigenvalue weighted by atomic mass is 9.90. The molecule has 0 saturated carbocycles. The minimum Gasteiger partial charge on any atom is -0.338 e. The number of carbonyl (C=O) groups is 1. The Hall–Kier alpha value is -2.44. The Morgan fingerprint density at radius 2 is 1.52 bits per heavy atom. The average Bonchev–Trinajstić information content (AvgIpc) is 3.26. The summed E-state index contributed by atoms with van der Waals surface area (Å²) in [6.45, 7) is 1.43. The fourth-order valence-corrected chi connectivity index (χ4v) is 6.44. The highest BCUT2D eigenvalue weighted by atomic mass is 32.2. The van der Waals surface area contributed by atoms with Gasteiger partial charge < -0.3 is 4.90 Å². The first-order valence-electron chi connectivity index (χ1n) is 9.77. The summed E-state index contributed by atoms with van der Waals surface area (Å²) >= 11 is 1.06. The molecule has 1 saturated heterocycles. The summed E-state index contributed by atoms with van der Waals surface area (Å²) in [6, 6.07) is 22.0. The molecule has 1 aromatic heterocycles. The molecule has 1 aliphatic heterocycles. The topological polar surface area (TPSA) is 54.5 Å². The molecule has 0 aliphatic carbocycles. The summed E-state index contributed by atoms with van der Waals surface area (Å²) in [5, 5.41) is 0. The van der Waals surface area contributed by atoms with Crippen molar-refractivity contribution < 1.29 is 13.2 Å². The van der Waals surface area contributed by atoms with E-state index in [4.69, 9.17) is 0 Å². The molecule has 150 valence electrons. The lowest BCUT2D eigenvalue weighted by Crippen LogP contribution is -2.38. The van der Waals surface area contributed by atoms with Crippen molar-refractivity contribution in [3.63, 3.8) is 0 Å². The molecule has 0 N–H and O–H groups in total. The number of hydrogen-bond acceptors (Lipinski definition) is 4. The number of benzene rings is 2. The highest BCUT2D eigenvalue weighted by Gasteiger charge is 2.27. The molecule has 2 aromatic carbocycles. The van der Waals surface area contributed by atoms with E-state index in [2.05, 4.69) is 24.3 Å². The van der Waals surface area contributed by atoms with Crippen molar-refractivity contribution in [2.45, 2.75) is 28.4 Å². The summed E-state index contributed by atoms with van der Waals surface area (Å²) in [5.74, 6) is 0.515. The van der Waals surface area contributed by atoms with Gasteiger partial charge in [0.15, 0.2) is 0 Å². The van der Waals surface area contributed by atoms with Crippen LogP contribution in [0, 0.1) is 5.92 Å². The largest absolute Gasteiger partial charge is 0.338 e. The number of carbonyl (C=O) groups excluding carboxylic acids is 1. The molecule has 0 radical (unpaired) electrons. The molecular formula is C23H23NO3S2. The van der Waals surface area contributed by atoms with E-state index >= 15 is 0 Å². The molecule has 6 heteroatoms. The van der Waals surface area contributed by atoms with Crippen molar-refractivity contribution >= 4 is 27.1 Å². The molecule has 1 fully saturated rings. The molecule has 4 rings (SSSR count). The van der Waals surface area contributed by atoms with E-state index in [9.17, 15) is 13.2 Å². The monoisotopic (exact) mass is 425 g/mol. The molecule has 1 aliphatic rings. The predicted molar refractivity (Wildman–Crippen MR) is 115 cm³/mol. The second-order valence-electron chi connectivity index (χ2n) is 7.36. The van der Waals surface area contributed by atoms with Crippen molar-refractivity contribution in [1.29, 1.82) is 0 Å². The van der Waals surface area contributed by atoms with Crippen LogP contribution in [-0.4, -0.2) is 32.3 Å². The highest BCUT2D eigenvalue weighted by Crippen LogP contribution is 2.30. The number of likely N-dealkylation sites (tertiary alicyclic amines) is 1. The van der Waals surface area contributed by atoms with Crippen LogP contribution >= 0.6 is 11.3 Å². The summed E-state index contributed by atoms with van der Waals surface area (Å²) < 4.78 is 25.7. The van der Waals surface area contributed by atoms with Crippen LogP contribution in [0.2, 0.25) is 0 Å². The first-order valence-corrected chi connectivity index (χ1v) is 12.1. The van der Waals surface area contributed by atoms with Crippen molar-refractivity contribution in [1.82, 2.24) is 4.90 Å². The Morgan fingerprint density at radius 1 is 0.897 bits per heavy atom.